The molecule has 164 valence electrons. The molecule has 1 unspecified atom stereocenters. The average molecular weight is 440 g/mol. The molecule has 2 aliphatic rings. The van der Waals surface area contributed by atoms with Crippen molar-refractivity contribution >= 4 is 27.5 Å². The van der Waals surface area contributed by atoms with E-state index in [0.717, 1.165) is 75.6 Å². The van der Waals surface area contributed by atoms with Gasteiger partial charge in [-0.15, -0.1) is 11.3 Å². The van der Waals surface area contributed by atoms with Crippen LogP contribution >= 0.6 is 11.3 Å². The number of hydrogen-bond acceptors (Lipinski definition) is 7. The van der Waals surface area contributed by atoms with Gasteiger partial charge in [-0.2, -0.15) is 0 Å². The Hall–Kier alpha value is -2.29. The topological polar surface area (TPSA) is 65.7 Å². The monoisotopic (exact) mass is 439 g/mol. The van der Waals surface area contributed by atoms with Crippen LogP contribution in [0.4, 0.5) is 0 Å². The molecule has 2 fully saturated rings. The predicted molar refractivity (Wildman–Crippen MR) is 121 cm³/mol. The van der Waals surface area contributed by atoms with Gasteiger partial charge in [0.15, 0.2) is 0 Å². The quantitative estimate of drug-likeness (QED) is 0.609. The number of fused-ring (bicyclic) bond motifs is 1. The number of thiazole rings is 1. The molecule has 0 N–H and O–H groups in total. The van der Waals surface area contributed by atoms with E-state index in [0.29, 0.717) is 12.5 Å². The predicted octanol–water partition coefficient (Wildman–Crippen LogP) is 3.12. The van der Waals surface area contributed by atoms with Crippen molar-refractivity contribution in [3.05, 3.63) is 46.8 Å². The minimum Gasteiger partial charge on any atom is -0.361 e. The van der Waals surface area contributed by atoms with Gasteiger partial charge in [-0.3, -0.25) is 14.6 Å². The molecule has 3 aromatic rings. The molecule has 1 atom stereocenters. The Balaban J connectivity index is 1.13. The van der Waals surface area contributed by atoms with Crippen molar-refractivity contribution in [3.8, 4) is 0 Å². The Kier molecular flexibility index (Phi) is 6.02. The van der Waals surface area contributed by atoms with Crippen LogP contribution in [0.15, 0.2) is 34.9 Å². The number of aryl methyl sites for hydroxylation is 1. The van der Waals surface area contributed by atoms with Crippen LogP contribution in [-0.4, -0.2) is 76.6 Å². The molecule has 0 radical (unpaired) electrons. The number of benzene rings is 1. The Morgan fingerprint density at radius 2 is 1.97 bits per heavy atom. The van der Waals surface area contributed by atoms with Crippen molar-refractivity contribution in [2.45, 2.75) is 32.2 Å². The van der Waals surface area contributed by atoms with Crippen LogP contribution in [0.25, 0.3) is 10.2 Å². The van der Waals surface area contributed by atoms with Crippen LogP contribution < -0.4 is 0 Å². The van der Waals surface area contributed by atoms with E-state index >= 15 is 0 Å². The van der Waals surface area contributed by atoms with Gasteiger partial charge in [0.25, 0.3) is 0 Å². The molecule has 7 nitrogen and oxygen atoms in total. The summed E-state index contributed by atoms with van der Waals surface area (Å²) in [6, 6.07) is 10.3. The first-order valence-corrected chi connectivity index (χ1v) is 12.0. The van der Waals surface area contributed by atoms with Crippen LogP contribution in [0.3, 0.4) is 0 Å². The van der Waals surface area contributed by atoms with E-state index < -0.39 is 0 Å². The summed E-state index contributed by atoms with van der Waals surface area (Å²) in [5.74, 6) is 1.47. The Bertz CT molecular complexity index is 1010. The third kappa shape index (κ3) is 4.81. The van der Waals surface area contributed by atoms with Crippen molar-refractivity contribution < 1.29 is 9.32 Å². The number of likely N-dealkylation sites (tertiary alicyclic amines) is 1. The minimum absolute atomic E-state index is 0.256. The number of hydrogen-bond donors (Lipinski definition) is 0. The molecular weight excluding hydrogens is 410 g/mol. The Morgan fingerprint density at radius 3 is 2.74 bits per heavy atom. The van der Waals surface area contributed by atoms with Crippen LogP contribution in [0.1, 0.15) is 35.2 Å². The maximum Gasteiger partial charge on any atom is 0.236 e. The van der Waals surface area contributed by atoms with Crippen molar-refractivity contribution in [2.75, 3.05) is 45.8 Å². The number of carbonyl (C=O) groups is 1. The van der Waals surface area contributed by atoms with E-state index in [1.807, 2.05) is 19.1 Å². The second kappa shape index (κ2) is 9.06. The van der Waals surface area contributed by atoms with Gasteiger partial charge in [0.2, 0.25) is 5.91 Å². The molecule has 2 aliphatic heterocycles. The maximum absolute atomic E-state index is 13.0. The molecule has 2 saturated heterocycles. The second-order valence-corrected chi connectivity index (χ2v) is 9.74. The van der Waals surface area contributed by atoms with Crippen LogP contribution in [0, 0.1) is 6.92 Å². The SMILES string of the molecule is Cc1cc(CN2CCN(CC(=O)N3CCCC(c4nc5ccccc5s4)C3)CC2)no1. The van der Waals surface area contributed by atoms with Gasteiger partial charge in [0, 0.05) is 57.8 Å². The second-order valence-electron chi connectivity index (χ2n) is 8.68. The van der Waals surface area contributed by atoms with Crippen molar-refractivity contribution in [1.82, 2.24) is 24.8 Å². The van der Waals surface area contributed by atoms with E-state index in [1.54, 1.807) is 11.3 Å². The van der Waals surface area contributed by atoms with Gasteiger partial charge in [0.05, 0.1) is 27.5 Å². The van der Waals surface area contributed by atoms with Gasteiger partial charge in [-0.25, -0.2) is 4.98 Å². The average Bonchev–Trinajstić information content (AvgIpc) is 3.41. The highest BCUT2D eigenvalue weighted by Crippen LogP contribution is 2.33. The van der Waals surface area contributed by atoms with Crippen molar-refractivity contribution in [1.29, 1.82) is 0 Å². The molecular formula is C23H29N5O2S. The van der Waals surface area contributed by atoms with Gasteiger partial charge < -0.3 is 9.42 Å². The zero-order chi connectivity index (χ0) is 21.2. The molecule has 8 heteroatoms. The highest BCUT2D eigenvalue weighted by atomic mass is 32.1. The van der Waals surface area contributed by atoms with E-state index in [4.69, 9.17) is 9.51 Å². The minimum atomic E-state index is 0.256. The van der Waals surface area contributed by atoms with E-state index in [-0.39, 0.29) is 5.91 Å². The van der Waals surface area contributed by atoms with E-state index in [2.05, 4.69) is 38.1 Å². The summed E-state index contributed by atoms with van der Waals surface area (Å²) >= 11 is 1.78. The lowest BCUT2D eigenvalue weighted by Crippen LogP contribution is -2.50. The fraction of sp³-hybridized carbons (Fsp3) is 0.522. The summed E-state index contributed by atoms with van der Waals surface area (Å²) in [5, 5.41) is 5.27. The van der Waals surface area contributed by atoms with Crippen LogP contribution in [0.5, 0.6) is 0 Å². The molecule has 1 amide bonds. The largest absolute Gasteiger partial charge is 0.361 e. The summed E-state index contributed by atoms with van der Waals surface area (Å²) in [7, 11) is 0. The molecule has 1 aromatic carbocycles. The first-order chi connectivity index (χ1) is 15.1. The number of piperidine rings is 1. The van der Waals surface area contributed by atoms with E-state index in [1.165, 1.54) is 9.71 Å². The number of nitrogens with zero attached hydrogens (tertiary/aromatic N) is 5. The lowest BCUT2D eigenvalue weighted by molar-refractivity contribution is -0.134. The summed E-state index contributed by atoms with van der Waals surface area (Å²) in [4.78, 5) is 24.6. The van der Waals surface area contributed by atoms with Gasteiger partial charge in [-0.1, -0.05) is 17.3 Å². The molecule has 0 spiro atoms. The third-order valence-corrected chi connectivity index (χ3v) is 7.52. The number of rotatable bonds is 5. The molecule has 0 saturated carbocycles. The number of amides is 1. The number of piperazine rings is 1. The standard InChI is InChI=1S/C23H29N5O2S/c1-17-13-19(25-30-17)15-26-9-11-27(12-10-26)16-22(29)28-8-4-5-18(14-28)23-24-20-6-2-3-7-21(20)31-23/h2-3,6-7,13,18H,4-5,8-12,14-16H2,1H3. The van der Waals surface area contributed by atoms with Crippen molar-refractivity contribution in [2.24, 2.45) is 0 Å². The maximum atomic E-state index is 13.0. The van der Waals surface area contributed by atoms with Gasteiger partial charge in [-0.05, 0) is 31.9 Å². The van der Waals surface area contributed by atoms with Gasteiger partial charge >= 0.3 is 0 Å². The number of para-hydroxylation sites is 1. The molecule has 0 aliphatic carbocycles. The molecule has 5 rings (SSSR count). The molecule has 0 bridgehead atoms. The highest BCUT2D eigenvalue weighted by molar-refractivity contribution is 7.18. The van der Waals surface area contributed by atoms with Gasteiger partial charge in [0.1, 0.15) is 5.76 Å². The first-order valence-electron chi connectivity index (χ1n) is 11.1. The fourth-order valence-electron chi connectivity index (χ4n) is 4.59. The highest BCUT2D eigenvalue weighted by Gasteiger charge is 2.28. The number of aromatic nitrogens is 2. The zero-order valence-corrected chi connectivity index (χ0v) is 18.8. The zero-order valence-electron chi connectivity index (χ0n) is 18.0. The Labute approximate surface area is 186 Å². The van der Waals surface area contributed by atoms with E-state index in [9.17, 15) is 4.79 Å². The fourth-order valence-corrected chi connectivity index (χ4v) is 5.68. The molecule has 4 heterocycles. The van der Waals surface area contributed by atoms with Crippen molar-refractivity contribution in [3.63, 3.8) is 0 Å². The molecule has 2 aromatic heterocycles. The number of carbonyl (C=O) groups excluding carboxylic acids is 1. The summed E-state index contributed by atoms with van der Waals surface area (Å²) < 4.78 is 6.40. The summed E-state index contributed by atoms with van der Waals surface area (Å²) in [6.45, 7) is 8.65. The Morgan fingerprint density at radius 1 is 1.16 bits per heavy atom. The lowest BCUT2D eigenvalue weighted by atomic mass is 9.98. The molecule has 31 heavy (non-hydrogen) atoms. The van der Waals surface area contributed by atoms with Crippen LogP contribution in [0.2, 0.25) is 0 Å². The summed E-state index contributed by atoms with van der Waals surface area (Å²) in [6.07, 6.45) is 2.17. The normalized spacial score (nSPS) is 21.1. The third-order valence-electron chi connectivity index (χ3n) is 6.32. The summed E-state index contributed by atoms with van der Waals surface area (Å²) in [5.41, 5.74) is 2.06. The van der Waals surface area contributed by atoms with Crippen LogP contribution in [-0.2, 0) is 11.3 Å². The first kappa shape index (κ1) is 20.6. The lowest BCUT2D eigenvalue weighted by Gasteiger charge is -2.36. The smallest absolute Gasteiger partial charge is 0.236 e.